The SMILES string of the molecule is Cc1c(C(=O)Nc2nc(CN3CCOCC3)cs2)nnn1-c1ccc(F)cc1. The molecular weight excluding hydrogens is 383 g/mol. The normalized spacial score (nSPS) is 14.9. The average Bonchev–Trinajstić information content (AvgIpc) is 3.29. The minimum atomic E-state index is -0.377. The van der Waals surface area contributed by atoms with Gasteiger partial charge in [0.2, 0.25) is 0 Å². The molecule has 1 aliphatic heterocycles. The highest BCUT2D eigenvalue weighted by Crippen LogP contribution is 2.19. The molecule has 2 aromatic heterocycles. The number of hydrogen-bond donors (Lipinski definition) is 1. The van der Waals surface area contributed by atoms with Crippen molar-refractivity contribution in [2.75, 3.05) is 31.6 Å². The maximum absolute atomic E-state index is 13.1. The molecule has 0 bridgehead atoms. The van der Waals surface area contributed by atoms with Crippen LogP contribution in [0.3, 0.4) is 0 Å². The predicted molar refractivity (Wildman–Crippen MR) is 102 cm³/mol. The Morgan fingerprint density at radius 2 is 2.04 bits per heavy atom. The van der Waals surface area contributed by atoms with Crippen LogP contribution in [-0.4, -0.2) is 57.1 Å². The molecule has 1 N–H and O–H groups in total. The van der Waals surface area contributed by atoms with Crippen LogP contribution in [0.25, 0.3) is 5.69 Å². The van der Waals surface area contributed by atoms with Crippen molar-refractivity contribution in [2.45, 2.75) is 13.5 Å². The molecule has 3 heterocycles. The van der Waals surface area contributed by atoms with Crippen LogP contribution in [0.5, 0.6) is 0 Å². The van der Waals surface area contributed by atoms with Gasteiger partial charge in [-0.3, -0.25) is 15.0 Å². The second kappa shape index (κ2) is 8.13. The zero-order chi connectivity index (χ0) is 19.5. The number of benzene rings is 1. The van der Waals surface area contributed by atoms with Gasteiger partial charge in [-0.15, -0.1) is 16.4 Å². The minimum Gasteiger partial charge on any atom is -0.379 e. The molecule has 4 rings (SSSR count). The standard InChI is InChI=1S/C18H19FN6O2S/c1-12-16(22-23-25(12)15-4-2-13(19)3-5-15)17(26)21-18-20-14(11-28-18)10-24-6-8-27-9-7-24/h2-5,11H,6-10H2,1H3,(H,20,21,26). The number of aromatic nitrogens is 4. The van der Waals surface area contributed by atoms with Crippen LogP contribution >= 0.6 is 11.3 Å². The summed E-state index contributed by atoms with van der Waals surface area (Å²) in [7, 11) is 0. The monoisotopic (exact) mass is 402 g/mol. The van der Waals surface area contributed by atoms with Gasteiger partial charge >= 0.3 is 0 Å². The highest BCUT2D eigenvalue weighted by molar-refractivity contribution is 7.13. The van der Waals surface area contributed by atoms with Crippen molar-refractivity contribution in [2.24, 2.45) is 0 Å². The van der Waals surface area contributed by atoms with E-state index < -0.39 is 0 Å². The Bertz CT molecular complexity index is 965. The number of rotatable bonds is 5. The molecule has 3 aromatic rings. The summed E-state index contributed by atoms with van der Waals surface area (Å²) in [5, 5.41) is 13.2. The van der Waals surface area contributed by atoms with Crippen molar-refractivity contribution in [3.63, 3.8) is 0 Å². The Balaban J connectivity index is 1.43. The van der Waals surface area contributed by atoms with Gasteiger partial charge in [0.15, 0.2) is 10.8 Å². The van der Waals surface area contributed by atoms with E-state index in [1.54, 1.807) is 19.1 Å². The number of nitrogens with one attached hydrogen (secondary N) is 1. The molecule has 0 saturated carbocycles. The van der Waals surface area contributed by atoms with Crippen LogP contribution in [0.4, 0.5) is 9.52 Å². The quantitative estimate of drug-likeness (QED) is 0.705. The third-order valence-electron chi connectivity index (χ3n) is 4.44. The molecule has 0 atom stereocenters. The number of hydrogen-bond acceptors (Lipinski definition) is 7. The second-order valence-corrected chi connectivity index (χ2v) is 7.26. The maximum atomic E-state index is 13.1. The predicted octanol–water partition coefficient (Wildman–Crippen LogP) is 2.26. The van der Waals surface area contributed by atoms with E-state index in [0.717, 1.165) is 38.5 Å². The van der Waals surface area contributed by atoms with Crippen molar-refractivity contribution in [3.05, 3.63) is 52.5 Å². The van der Waals surface area contributed by atoms with Crippen molar-refractivity contribution in [1.82, 2.24) is 24.9 Å². The van der Waals surface area contributed by atoms with Gasteiger partial charge in [-0.25, -0.2) is 14.1 Å². The first kappa shape index (κ1) is 18.7. The molecule has 1 aromatic carbocycles. The summed E-state index contributed by atoms with van der Waals surface area (Å²) in [5.74, 6) is -0.714. The fourth-order valence-corrected chi connectivity index (χ4v) is 3.64. The highest BCUT2D eigenvalue weighted by atomic mass is 32.1. The van der Waals surface area contributed by atoms with Crippen LogP contribution in [0.1, 0.15) is 21.9 Å². The van der Waals surface area contributed by atoms with Crippen LogP contribution in [0, 0.1) is 12.7 Å². The lowest BCUT2D eigenvalue weighted by molar-refractivity contribution is 0.0337. The first-order valence-corrected chi connectivity index (χ1v) is 9.72. The summed E-state index contributed by atoms with van der Waals surface area (Å²) in [4.78, 5) is 19.3. The van der Waals surface area contributed by atoms with E-state index in [1.807, 2.05) is 5.38 Å². The number of carbonyl (C=O) groups excluding carboxylic acids is 1. The molecule has 0 unspecified atom stereocenters. The average molecular weight is 402 g/mol. The molecule has 0 radical (unpaired) electrons. The number of amides is 1. The van der Waals surface area contributed by atoms with Crippen LogP contribution in [0.15, 0.2) is 29.6 Å². The molecule has 28 heavy (non-hydrogen) atoms. The number of ether oxygens (including phenoxy) is 1. The first-order chi connectivity index (χ1) is 13.6. The summed E-state index contributed by atoms with van der Waals surface area (Å²) < 4.78 is 19.9. The van der Waals surface area contributed by atoms with E-state index in [2.05, 4.69) is 25.5 Å². The molecule has 10 heteroatoms. The van der Waals surface area contributed by atoms with Gasteiger partial charge < -0.3 is 4.74 Å². The third kappa shape index (κ3) is 4.08. The van der Waals surface area contributed by atoms with E-state index in [4.69, 9.17) is 4.74 Å². The van der Waals surface area contributed by atoms with Crippen molar-refractivity contribution < 1.29 is 13.9 Å². The van der Waals surface area contributed by atoms with Crippen molar-refractivity contribution >= 4 is 22.4 Å². The van der Waals surface area contributed by atoms with Gasteiger partial charge in [0.05, 0.1) is 30.3 Å². The third-order valence-corrected chi connectivity index (χ3v) is 5.25. The molecule has 0 aliphatic carbocycles. The van der Waals surface area contributed by atoms with Crippen LogP contribution in [0.2, 0.25) is 0 Å². The highest BCUT2D eigenvalue weighted by Gasteiger charge is 2.19. The number of carbonyl (C=O) groups is 1. The largest absolute Gasteiger partial charge is 0.379 e. The summed E-state index contributed by atoms with van der Waals surface area (Å²) in [5.41, 5.74) is 2.31. The molecule has 1 fully saturated rings. The number of thiazole rings is 1. The minimum absolute atomic E-state index is 0.203. The summed E-state index contributed by atoms with van der Waals surface area (Å²) >= 11 is 1.37. The molecule has 1 saturated heterocycles. The van der Waals surface area contributed by atoms with Crippen molar-refractivity contribution in [1.29, 1.82) is 0 Å². The van der Waals surface area contributed by atoms with Crippen LogP contribution < -0.4 is 5.32 Å². The van der Waals surface area contributed by atoms with E-state index in [1.165, 1.54) is 28.2 Å². The van der Waals surface area contributed by atoms with Gasteiger partial charge in [-0.2, -0.15) is 0 Å². The Morgan fingerprint density at radius 3 is 2.79 bits per heavy atom. The smallest absolute Gasteiger partial charge is 0.279 e. The Hall–Kier alpha value is -2.69. The van der Waals surface area contributed by atoms with Crippen LogP contribution in [-0.2, 0) is 11.3 Å². The fourth-order valence-electron chi connectivity index (χ4n) is 2.95. The molecule has 8 nitrogen and oxygen atoms in total. The second-order valence-electron chi connectivity index (χ2n) is 6.40. The van der Waals surface area contributed by atoms with Gasteiger partial charge in [0, 0.05) is 25.0 Å². The molecule has 146 valence electrons. The van der Waals surface area contributed by atoms with Gasteiger partial charge in [-0.05, 0) is 31.2 Å². The lowest BCUT2D eigenvalue weighted by Gasteiger charge is -2.25. The lowest BCUT2D eigenvalue weighted by atomic mass is 10.3. The summed E-state index contributed by atoms with van der Waals surface area (Å²) in [6.45, 7) is 5.70. The van der Waals surface area contributed by atoms with Gasteiger partial charge in [0.1, 0.15) is 5.82 Å². The van der Waals surface area contributed by atoms with E-state index >= 15 is 0 Å². The number of halogens is 1. The van der Waals surface area contributed by atoms with E-state index in [0.29, 0.717) is 16.5 Å². The lowest BCUT2D eigenvalue weighted by Crippen LogP contribution is -2.35. The summed E-state index contributed by atoms with van der Waals surface area (Å²) in [6.07, 6.45) is 0. The zero-order valence-corrected chi connectivity index (χ0v) is 16.1. The Kier molecular flexibility index (Phi) is 5.42. The molecule has 0 spiro atoms. The number of nitrogens with zero attached hydrogens (tertiary/aromatic N) is 5. The molecule has 1 amide bonds. The fraction of sp³-hybridized carbons (Fsp3) is 0.333. The van der Waals surface area contributed by atoms with Gasteiger partial charge in [0.25, 0.3) is 5.91 Å². The Labute approximate surface area is 165 Å². The van der Waals surface area contributed by atoms with E-state index in [9.17, 15) is 9.18 Å². The zero-order valence-electron chi connectivity index (χ0n) is 15.3. The van der Waals surface area contributed by atoms with E-state index in [-0.39, 0.29) is 17.4 Å². The first-order valence-electron chi connectivity index (χ1n) is 8.84. The maximum Gasteiger partial charge on any atom is 0.279 e. The van der Waals surface area contributed by atoms with Gasteiger partial charge in [-0.1, -0.05) is 5.21 Å². The molecule has 1 aliphatic rings. The van der Waals surface area contributed by atoms with Crippen molar-refractivity contribution in [3.8, 4) is 5.69 Å². The number of morpholine rings is 1. The topological polar surface area (TPSA) is 85.2 Å². The Morgan fingerprint density at radius 1 is 1.29 bits per heavy atom. The number of anilines is 1. The summed E-state index contributed by atoms with van der Waals surface area (Å²) in [6, 6.07) is 5.83. The molecular formula is C18H19FN6O2S.